The number of sulfonamides is 1. The minimum atomic E-state index is -3.41. The van der Waals surface area contributed by atoms with Gasteiger partial charge in [-0.1, -0.05) is 19.4 Å². The molecule has 0 atom stereocenters. The van der Waals surface area contributed by atoms with Crippen molar-refractivity contribution in [3.8, 4) is 0 Å². The van der Waals surface area contributed by atoms with Gasteiger partial charge >= 0.3 is 0 Å². The number of aryl methyl sites for hydroxylation is 1. The maximum absolute atomic E-state index is 12.5. The fraction of sp³-hybridized carbons (Fsp3) is 0.625. The summed E-state index contributed by atoms with van der Waals surface area (Å²) >= 11 is 0. The van der Waals surface area contributed by atoms with Crippen LogP contribution in [0.25, 0.3) is 0 Å². The van der Waals surface area contributed by atoms with E-state index >= 15 is 0 Å². The molecule has 1 fully saturated rings. The molecule has 1 aliphatic rings. The first-order valence-electron chi connectivity index (χ1n) is 7.77. The van der Waals surface area contributed by atoms with Crippen molar-refractivity contribution in [1.82, 2.24) is 10.0 Å². The third-order valence-electron chi connectivity index (χ3n) is 3.96. The monoisotopic (exact) mass is 310 g/mol. The van der Waals surface area contributed by atoms with Crippen LogP contribution in [0.3, 0.4) is 0 Å². The van der Waals surface area contributed by atoms with Crippen LogP contribution < -0.4 is 10.0 Å². The number of unbranched alkanes of at least 4 members (excludes halogenated alkanes) is 1. The highest BCUT2D eigenvalue weighted by Gasteiger charge is 2.22. The van der Waals surface area contributed by atoms with Gasteiger partial charge in [-0.2, -0.15) is 0 Å². The molecule has 21 heavy (non-hydrogen) atoms. The maximum Gasteiger partial charge on any atom is 0.240 e. The zero-order valence-electron chi connectivity index (χ0n) is 13.2. The fourth-order valence-corrected chi connectivity index (χ4v) is 3.73. The first-order chi connectivity index (χ1) is 9.94. The van der Waals surface area contributed by atoms with Crippen molar-refractivity contribution in [2.45, 2.75) is 63.9 Å². The lowest BCUT2D eigenvalue weighted by molar-refractivity contribution is 0.577. The molecule has 4 nitrogen and oxygen atoms in total. The van der Waals surface area contributed by atoms with Gasteiger partial charge in [-0.25, -0.2) is 13.1 Å². The summed E-state index contributed by atoms with van der Waals surface area (Å²) in [5.41, 5.74) is 2.91. The summed E-state index contributed by atoms with van der Waals surface area (Å²) in [5, 5.41) is 3.44. The summed E-state index contributed by atoms with van der Waals surface area (Å²) in [5.74, 6) is 0. The minimum absolute atomic E-state index is 0.422. The van der Waals surface area contributed by atoms with Crippen molar-refractivity contribution in [3.05, 3.63) is 28.8 Å². The summed E-state index contributed by atoms with van der Waals surface area (Å²) in [7, 11) is -3.41. The Morgan fingerprint density at radius 3 is 2.57 bits per heavy atom. The highest BCUT2D eigenvalue weighted by atomic mass is 32.2. The third-order valence-corrected chi connectivity index (χ3v) is 5.55. The molecule has 0 saturated heterocycles. The molecule has 0 radical (unpaired) electrons. The predicted molar refractivity (Wildman–Crippen MR) is 85.9 cm³/mol. The summed E-state index contributed by atoms with van der Waals surface area (Å²) in [4.78, 5) is 0.422. The fourth-order valence-electron chi connectivity index (χ4n) is 2.29. The number of benzene rings is 1. The van der Waals surface area contributed by atoms with E-state index in [1.807, 2.05) is 26.8 Å². The number of hydrogen-bond acceptors (Lipinski definition) is 3. The largest absolute Gasteiger partial charge is 0.310 e. The van der Waals surface area contributed by atoms with Gasteiger partial charge in [0.2, 0.25) is 10.0 Å². The van der Waals surface area contributed by atoms with Crippen molar-refractivity contribution in [1.29, 1.82) is 0 Å². The second-order valence-electron chi connectivity index (χ2n) is 5.94. The van der Waals surface area contributed by atoms with E-state index in [0.29, 0.717) is 17.5 Å². The van der Waals surface area contributed by atoms with Gasteiger partial charge in [0, 0.05) is 19.1 Å². The Morgan fingerprint density at radius 2 is 1.95 bits per heavy atom. The van der Waals surface area contributed by atoms with Gasteiger partial charge in [-0.05, 0) is 55.9 Å². The smallest absolute Gasteiger partial charge is 0.240 e. The van der Waals surface area contributed by atoms with Crippen molar-refractivity contribution >= 4 is 10.0 Å². The van der Waals surface area contributed by atoms with Crippen LogP contribution in [-0.4, -0.2) is 21.0 Å². The Morgan fingerprint density at radius 1 is 1.24 bits per heavy atom. The van der Waals surface area contributed by atoms with Crippen LogP contribution in [0.5, 0.6) is 0 Å². The van der Waals surface area contributed by atoms with Gasteiger partial charge < -0.3 is 5.32 Å². The van der Waals surface area contributed by atoms with E-state index < -0.39 is 10.0 Å². The van der Waals surface area contributed by atoms with Crippen LogP contribution in [0.2, 0.25) is 0 Å². The van der Waals surface area contributed by atoms with Crippen LogP contribution in [0.1, 0.15) is 49.3 Å². The van der Waals surface area contributed by atoms with Crippen LogP contribution in [-0.2, 0) is 16.6 Å². The molecule has 1 saturated carbocycles. The average molecular weight is 310 g/mol. The first kappa shape index (κ1) is 16.5. The Kier molecular flexibility index (Phi) is 5.41. The average Bonchev–Trinajstić information content (AvgIpc) is 3.24. The lowest BCUT2D eigenvalue weighted by Crippen LogP contribution is -2.26. The predicted octanol–water partition coefficient (Wildman–Crippen LogP) is 2.63. The third kappa shape index (κ3) is 4.53. The molecule has 1 aliphatic carbocycles. The Bertz CT molecular complexity index is 593. The summed E-state index contributed by atoms with van der Waals surface area (Å²) in [6, 6.07) is 4.51. The van der Waals surface area contributed by atoms with Crippen LogP contribution in [0, 0.1) is 13.8 Å². The van der Waals surface area contributed by atoms with Gasteiger partial charge in [0.15, 0.2) is 0 Å². The minimum Gasteiger partial charge on any atom is -0.310 e. The maximum atomic E-state index is 12.5. The van der Waals surface area contributed by atoms with Crippen molar-refractivity contribution in [2.75, 3.05) is 6.54 Å². The Balaban J connectivity index is 2.19. The van der Waals surface area contributed by atoms with E-state index in [9.17, 15) is 8.42 Å². The lowest BCUT2D eigenvalue weighted by Gasteiger charge is -2.14. The molecule has 2 N–H and O–H groups in total. The lowest BCUT2D eigenvalue weighted by atomic mass is 10.1. The SMILES string of the molecule is CCCCNS(=O)(=O)c1cc(CNC2CC2)cc(C)c1C. The molecule has 0 aromatic heterocycles. The zero-order valence-corrected chi connectivity index (χ0v) is 14.0. The van der Waals surface area contributed by atoms with E-state index in [2.05, 4.69) is 16.1 Å². The van der Waals surface area contributed by atoms with Gasteiger partial charge in [0.05, 0.1) is 4.90 Å². The quantitative estimate of drug-likeness (QED) is 0.726. The molecule has 1 aromatic carbocycles. The Labute approximate surface area is 128 Å². The van der Waals surface area contributed by atoms with Gasteiger partial charge in [0.25, 0.3) is 0 Å². The molecular weight excluding hydrogens is 284 g/mol. The topological polar surface area (TPSA) is 58.2 Å². The number of rotatable bonds is 8. The summed E-state index contributed by atoms with van der Waals surface area (Å²) < 4.78 is 27.6. The van der Waals surface area contributed by atoms with E-state index in [1.54, 1.807) is 0 Å². The van der Waals surface area contributed by atoms with Crippen LogP contribution in [0.15, 0.2) is 17.0 Å². The molecule has 1 aromatic rings. The van der Waals surface area contributed by atoms with E-state index in [-0.39, 0.29) is 0 Å². The standard InChI is InChI=1S/C16H26N2O2S/c1-4-5-8-18-21(19,20)16-10-14(9-12(2)13(16)3)11-17-15-6-7-15/h9-10,15,17-18H,4-8,11H2,1-3H3. The number of nitrogens with one attached hydrogen (secondary N) is 2. The van der Waals surface area contributed by atoms with Crippen LogP contribution in [0.4, 0.5) is 0 Å². The molecule has 2 rings (SSSR count). The van der Waals surface area contributed by atoms with E-state index in [4.69, 9.17) is 0 Å². The van der Waals surface area contributed by atoms with Crippen molar-refractivity contribution < 1.29 is 8.42 Å². The van der Waals surface area contributed by atoms with E-state index in [1.165, 1.54) is 12.8 Å². The molecule has 0 bridgehead atoms. The van der Waals surface area contributed by atoms with E-state index in [0.717, 1.165) is 36.1 Å². The first-order valence-corrected chi connectivity index (χ1v) is 9.25. The van der Waals surface area contributed by atoms with Crippen molar-refractivity contribution in [3.63, 3.8) is 0 Å². The van der Waals surface area contributed by atoms with Gasteiger partial charge in [0.1, 0.15) is 0 Å². The second kappa shape index (κ2) is 6.90. The molecular formula is C16H26N2O2S. The Hall–Kier alpha value is -0.910. The summed E-state index contributed by atoms with van der Waals surface area (Å²) in [6.07, 6.45) is 4.30. The van der Waals surface area contributed by atoms with Crippen LogP contribution >= 0.6 is 0 Å². The highest BCUT2D eigenvalue weighted by molar-refractivity contribution is 7.89. The molecule has 0 unspecified atom stereocenters. The molecule has 5 heteroatoms. The molecule has 118 valence electrons. The molecule has 0 spiro atoms. The van der Waals surface area contributed by atoms with Gasteiger partial charge in [-0.3, -0.25) is 0 Å². The molecule has 0 aliphatic heterocycles. The second-order valence-corrected chi connectivity index (χ2v) is 7.68. The molecule has 0 amide bonds. The zero-order chi connectivity index (χ0) is 15.5. The van der Waals surface area contributed by atoms with Crippen molar-refractivity contribution in [2.24, 2.45) is 0 Å². The van der Waals surface area contributed by atoms with Gasteiger partial charge in [-0.15, -0.1) is 0 Å². The number of hydrogen-bond donors (Lipinski definition) is 2. The normalized spacial score (nSPS) is 15.4. The summed E-state index contributed by atoms with van der Waals surface area (Å²) in [6.45, 7) is 7.14. The highest BCUT2D eigenvalue weighted by Crippen LogP contribution is 2.23. The molecule has 0 heterocycles.